The molecule has 2 fully saturated rings. The summed E-state index contributed by atoms with van der Waals surface area (Å²) in [6, 6.07) is 19.1. The second-order valence-electron chi connectivity index (χ2n) is 8.54. The van der Waals surface area contributed by atoms with Crippen LogP contribution in [0.1, 0.15) is 23.6 Å². The van der Waals surface area contributed by atoms with Gasteiger partial charge in [0.05, 0.1) is 12.6 Å². The third-order valence-corrected chi connectivity index (χ3v) is 6.23. The summed E-state index contributed by atoms with van der Waals surface area (Å²) in [7, 11) is 2.18. The molecule has 166 valence electrons. The summed E-state index contributed by atoms with van der Waals surface area (Å²) in [5, 5.41) is 5.29. The smallest absolute Gasteiger partial charge is 0.229 e. The van der Waals surface area contributed by atoms with E-state index in [9.17, 15) is 0 Å². The maximum atomic E-state index is 5.99. The second kappa shape index (κ2) is 9.14. The number of aryl methyl sites for hydroxylation is 1. The van der Waals surface area contributed by atoms with E-state index in [1.54, 1.807) is 0 Å². The maximum Gasteiger partial charge on any atom is 0.229 e. The highest BCUT2D eigenvalue weighted by atomic mass is 16.7. The quantitative estimate of drug-likeness (QED) is 0.652. The van der Waals surface area contributed by atoms with Crippen LogP contribution in [0.15, 0.2) is 60.8 Å². The fraction of sp³-hybridized carbons (Fsp3) is 0.360. The van der Waals surface area contributed by atoms with Gasteiger partial charge < -0.3 is 15.1 Å². The first-order valence-corrected chi connectivity index (χ1v) is 11.3. The maximum absolute atomic E-state index is 5.99. The lowest BCUT2D eigenvalue weighted by Crippen LogP contribution is -2.44. The van der Waals surface area contributed by atoms with Crippen LogP contribution in [0.5, 0.6) is 0 Å². The molecular weight excluding hydrogens is 400 g/mol. The van der Waals surface area contributed by atoms with Gasteiger partial charge in [0.25, 0.3) is 0 Å². The molecule has 3 aromatic rings. The largest absolute Gasteiger partial charge is 0.369 e. The molecule has 7 heteroatoms. The van der Waals surface area contributed by atoms with Crippen LogP contribution in [0.2, 0.25) is 0 Å². The molecule has 1 atom stereocenters. The molecule has 0 unspecified atom stereocenters. The molecule has 7 nitrogen and oxygen atoms in total. The highest BCUT2D eigenvalue weighted by molar-refractivity contribution is 5.61. The van der Waals surface area contributed by atoms with Crippen LogP contribution >= 0.6 is 0 Å². The summed E-state index contributed by atoms with van der Waals surface area (Å²) in [6.07, 6.45) is 2.79. The van der Waals surface area contributed by atoms with Crippen molar-refractivity contribution in [2.24, 2.45) is 0 Å². The van der Waals surface area contributed by atoms with Gasteiger partial charge in [0.15, 0.2) is 5.82 Å². The Morgan fingerprint density at radius 2 is 1.72 bits per heavy atom. The van der Waals surface area contributed by atoms with Crippen molar-refractivity contribution in [1.82, 2.24) is 14.9 Å². The predicted molar refractivity (Wildman–Crippen MR) is 128 cm³/mol. The van der Waals surface area contributed by atoms with E-state index in [0.29, 0.717) is 12.6 Å². The van der Waals surface area contributed by atoms with Crippen molar-refractivity contribution in [3.8, 4) is 0 Å². The number of benzene rings is 2. The molecule has 0 bridgehead atoms. The molecule has 2 saturated heterocycles. The summed E-state index contributed by atoms with van der Waals surface area (Å²) in [5.41, 5.74) is 4.45. The number of hydrogen-bond acceptors (Lipinski definition) is 7. The van der Waals surface area contributed by atoms with Crippen molar-refractivity contribution in [3.63, 3.8) is 0 Å². The standard InChI is InChI=1S/C25H30N6O/c1-19-18-26-25(27-21-8-10-22(11-9-21)30-15-13-29(2)14-16-30)28-24(19)31-23(12-17-32-31)20-6-4-3-5-7-20/h3-11,18,23H,12-17H2,1-2H3,(H,26,27,28)/t23-/m0/s1. The zero-order valence-electron chi connectivity index (χ0n) is 18.7. The average Bonchev–Trinajstić information content (AvgIpc) is 3.32. The Morgan fingerprint density at radius 3 is 2.47 bits per heavy atom. The van der Waals surface area contributed by atoms with E-state index < -0.39 is 0 Å². The average molecular weight is 431 g/mol. The predicted octanol–water partition coefficient (Wildman–Crippen LogP) is 4.16. The molecular formula is C25H30N6O. The van der Waals surface area contributed by atoms with Crippen LogP contribution in [0.3, 0.4) is 0 Å². The first-order chi connectivity index (χ1) is 15.7. The molecule has 0 aliphatic carbocycles. The molecule has 1 N–H and O–H groups in total. The monoisotopic (exact) mass is 430 g/mol. The number of likely N-dealkylation sites (N-methyl/N-ethyl adjacent to an activating group) is 1. The first kappa shape index (κ1) is 20.7. The number of piperazine rings is 1. The molecule has 1 aromatic heterocycles. The van der Waals surface area contributed by atoms with Crippen molar-refractivity contribution in [3.05, 3.63) is 71.9 Å². The van der Waals surface area contributed by atoms with Gasteiger partial charge in [0, 0.05) is 55.7 Å². The molecule has 5 rings (SSSR count). The lowest BCUT2D eigenvalue weighted by molar-refractivity contribution is 0.156. The van der Waals surface area contributed by atoms with Crippen molar-refractivity contribution in [2.75, 3.05) is 55.1 Å². The summed E-state index contributed by atoms with van der Waals surface area (Å²) in [6.45, 7) is 7.02. The molecule has 0 saturated carbocycles. The third kappa shape index (κ3) is 4.40. The highest BCUT2D eigenvalue weighted by Crippen LogP contribution is 2.35. The number of hydrogen-bond donors (Lipinski definition) is 1. The van der Waals surface area contributed by atoms with Crippen molar-refractivity contribution in [2.45, 2.75) is 19.4 Å². The Kier molecular flexibility index (Phi) is 5.92. The first-order valence-electron chi connectivity index (χ1n) is 11.3. The van der Waals surface area contributed by atoms with E-state index >= 15 is 0 Å². The van der Waals surface area contributed by atoms with Gasteiger partial charge >= 0.3 is 0 Å². The minimum absolute atomic E-state index is 0.153. The lowest BCUT2D eigenvalue weighted by Gasteiger charge is -2.34. The zero-order chi connectivity index (χ0) is 21.9. The highest BCUT2D eigenvalue weighted by Gasteiger charge is 2.30. The van der Waals surface area contributed by atoms with Crippen LogP contribution in [0, 0.1) is 6.92 Å². The topological polar surface area (TPSA) is 56.8 Å². The Balaban J connectivity index is 1.32. The van der Waals surface area contributed by atoms with Crippen LogP contribution < -0.4 is 15.3 Å². The number of rotatable bonds is 5. The Labute approximate surface area is 189 Å². The zero-order valence-corrected chi connectivity index (χ0v) is 18.7. The van der Waals surface area contributed by atoms with E-state index in [4.69, 9.17) is 9.82 Å². The Morgan fingerprint density at radius 1 is 0.969 bits per heavy atom. The van der Waals surface area contributed by atoms with Gasteiger partial charge in [0.1, 0.15) is 0 Å². The van der Waals surface area contributed by atoms with Gasteiger partial charge in [-0.15, -0.1) is 0 Å². The van der Waals surface area contributed by atoms with E-state index in [1.165, 1.54) is 11.3 Å². The number of aromatic nitrogens is 2. The van der Waals surface area contributed by atoms with Crippen LogP contribution in [0.4, 0.5) is 23.1 Å². The van der Waals surface area contributed by atoms with Gasteiger partial charge in [-0.1, -0.05) is 30.3 Å². The van der Waals surface area contributed by atoms with Crippen LogP contribution in [-0.4, -0.2) is 54.7 Å². The molecule has 2 aromatic carbocycles. The van der Waals surface area contributed by atoms with Crippen molar-refractivity contribution >= 4 is 23.1 Å². The minimum atomic E-state index is 0.153. The molecule has 32 heavy (non-hydrogen) atoms. The van der Waals surface area contributed by atoms with Gasteiger partial charge in [-0.2, -0.15) is 4.98 Å². The van der Waals surface area contributed by atoms with E-state index in [2.05, 4.69) is 75.7 Å². The Bertz CT molecular complexity index is 1030. The number of nitrogens with one attached hydrogen (secondary N) is 1. The third-order valence-electron chi connectivity index (χ3n) is 6.23. The summed E-state index contributed by atoms with van der Waals surface area (Å²) in [5.74, 6) is 1.38. The van der Waals surface area contributed by atoms with Gasteiger partial charge in [-0.3, -0.25) is 4.84 Å². The van der Waals surface area contributed by atoms with Gasteiger partial charge in [-0.25, -0.2) is 10.0 Å². The second-order valence-corrected chi connectivity index (χ2v) is 8.54. The molecule has 3 heterocycles. The summed E-state index contributed by atoms with van der Waals surface area (Å²) in [4.78, 5) is 20.1. The summed E-state index contributed by atoms with van der Waals surface area (Å²) >= 11 is 0. The van der Waals surface area contributed by atoms with E-state index in [-0.39, 0.29) is 6.04 Å². The van der Waals surface area contributed by atoms with Gasteiger partial charge in [-0.05, 0) is 43.8 Å². The fourth-order valence-electron chi connectivity index (χ4n) is 4.32. The number of anilines is 4. The van der Waals surface area contributed by atoms with Crippen LogP contribution in [0.25, 0.3) is 0 Å². The molecule has 0 radical (unpaired) electrons. The molecule has 2 aliphatic heterocycles. The lowest BCUT2D eigenvalue weighted by atomic mass is 10.0. The van der Waals surface area contributed by atoms with E-state index in [0.717, 1.165) is 49.7 Å². The molecule has 2 aliphatic rings. The SMILES string of the molecule is Cc1cnc(Nc2ccc(N3CCN(C)CC3)cc2)nc1N1OCC[C@H]1c1ccccc1. The summed E-state index contributed by atoms with van der Waals surface area (Å²) < 4.78 is 0. The van der Waals surface area contributed by atoms with Gasteiger partial charge in [0.2, 0.25) is 5.95 Å². The normalized spacial score (nSPS) is 19.4. The van der Waals surface area contributed by atoms with E-state index in [1.807, 2.05) is 24.3 Å². The molecule has 0 spiro atoms. The van der Waals surface area contributed by atoms with Crippen LogP contribution in [-0.2, 0) is 4.84 Å². The number of nitrogens with zero attached hydrogens (tertiary/aromatic N) is 5. The molecule has 0 amide bonds. The minimum Gasteiger partial charge on any atom is -0.369 e. The van der Waals surface area contributed by atoms with Crippen molar-refractivity contribution < 1.29 is 4.84 Å². The fourth-order valence-corrected chi connectivity index (χ4v) is 4.32. The number of hydroxylamine groups is 1. The van der Waals surface area contributed by atoms with Crippen molar-refractivity contribution in [1.29, 1.82) is 0 Å². The Hall–Kier alpha value is -3.16.